The van der Waals surface area contributed by atoms with E-state index in [-0.39, 0.29) is 0 Å². The van der Waals surface area contributed by atoms with Crippen LogP contribution in [0.2, 0.25) is 0 Å². The third-order valence-corrected chi connectivity index (χ3v) is 8.99. The number of aromatic hydroxyl groups is 2. The van der Waals surface area contributed by atoms with Crippen LogP contribution in [0.4, 0.5) is 0 Å². The maximum atomic E-state index is 11.1. The second-order valence-corrected chi connectivity index (χ2v) is 11.9. The monoisotopic (exact) mass is 520 g/mol. The molecule has 0 saturated carbocycles. The summed E-state index contributed by atoms with van der Waals surface area (Å²) >= 11 is 0. The van der Waals surface area contributed by atoms with Crippen LogP contribution in [0.1, 0.15) is 89.0 Å². The van der Waals surface area contributed by atoms with Crippen LogP contribution in [0.5, 0.6) is 11.5 Å². The lowest BCUT2D eigenvalue weighted by molar-refractivity contribution is 0.464. The zero-order valence-electron chi connectivity index (χ0n) is 25.5. The first kappa shape index (κ1) is 28.5. The normalized spacial score (nSPS) is 11.3. The fourth-order valence-electron chi connectivity index (χ4n) is 5.90. The van der Waals surface area contributed by atoms with Gasteiger partial charge in [0, 0.05) is 24.0 Å². The number of benzene rings is 4. The quantitative estimate of drug-likeness (QED) is 0.266. The molecule has 0 aromatic heterocycles. The molecule has 4 aromatic rings. The van der Waals surface area contributed by atoms with Crippen molar-refractivity contribution in [3.05, 3.63) is 125 Å². The number of aryl methyl sites for hydroxylation is 8. The molecule has 0 aliphatic carbocycles. The summed E-state index contributed by atoms with van der Waals surface area (Å²) in [5.74, 6) is 0.803. The molecule has 2 N–H and O–H groups in total. The maximum Gasteiger partial charge on any atom is 0.122 e. The lowest BCUT2D eigenvalue weighted by Crippen LogP contribution is -2.05. The predicted molar refractivity (Wildman–Crippen MR) is 165 cm³/mol. The van der Waals surface area contributed by atoms with Gasteiger partial charge in [-0.1, -0.05) is 36.4 Å². The van der Waals surface area contributed by atoms with Crippen LogP contribution < -0.4 is 0 Å². The minimum Gasteiger partial charge on any atom is -0.507 e. The van der Waals surface area contributed by atoms with Gasteiger partial charge < -0.3 is 10.2 Å². The van der Waals surface area contributed by atoms with Crippen LogP contribution in [0.3, 0.4) is 0 Å². The fraction of sp³-hybridized carbons (Fsp3) is 0.351. The molecule has 0 aliphatic heterocycles. The van der Waals surface area contributed by atoms with Crippen LogP contribution in [0.15, 0.2) is 36.4 Å². The van der Waals surface area contributed by atoms with Crippen molar-refractivity contribution in [2.24, 2.45) is 0 Å². The number of phenolic OH excluding ortho intramolecular Hbond substituents is 2. The van der Waals surface area contributed by atoms with Gasteiger partial charge in [-0.15, -0.1) is 0 Å². The van der Waals surface area contributed by atoms with E-state index in [4.69, 9.17) is 0 Å². The highest BCUT2D eigenvalue weighted by Gasteiger charge is 2.19. The Bertz CT molecular complexity index is 1470. The van der Waals surface area contributed by atoms with Gasteiger partial charge in [0.1, 0.15) is 11.5 Å². The number of hydrogen-bond donors (Lipinski definition) is 2. The summed E-state index contributed by atoms with van der Waals surface area (Å²) in [6.07, 6.45) is 2.19. The van der Waals surface area contributed by atoms with Crippen molar-refractivity contribution < 1.29 is 10.2 Å². The van der Waals surface area contributed by atoms with E-state index in [1.54, 1.807) is 0 Å². The van der Waals surface area contributed by atoms with Gasteiger partial charge in [0.25, 0.3) is 0 Å². The molecule has 0 spiro atoms. The second-order valence-electron chi connectivity index (χ2n) is 11.9. The van der Waals surface area contributed by atoms with Gasteiger partial charge in [-0.25, -0.2) is 0 Å². The number of phenols is 2. The van der Waals surface area contributed by atoms with E-state index in [1.807, 2.05) is 13.8 Å². The second kappa shape index (κ2) is 10.9. The van der Waals surface area contributed by atoms with Crippen LogP contribution in [-0.2, 0) is 19.3 Å². The van der Waals surface area contributed by atoms with Gasteiger partial charge in [-0.3, -0.25) is 0 Å². The Hall–Kier alpha value is -3.52. The van der Waals surface area contributed by atoms with E-state index in [0.717, 1.165) is 39.8 Å². The number of hydrogen-bond acceptors (Lipinski definition) is 2. The molecule has 0 unspecified atom stereocenters. The van der Waals surface area contributed by atoms with Gasteiger partial charge >= 0.3 is 0 Å². The molecule has 0 radical (unpaired) electrons. The summed E-state index contributed by atoms with van der Waals surface area (Å²) in [5.41, 5.74) is 18.8. The average Bonchev–Trinajstić information content (AvgIpc) is 2.87. The average molecular weight is 521 g/mol. The van der Waals surface area contributed by atoms with Gasteiger partial charge in [0.05, 0.1) is 0 Å². The van der Waals surface area contributed by atoms with Crippen molar-refractivity contribution in [1.82, 2.24) is 0 Å². The van der Waals surface area contributed by atoms with Gasteiger partial charge in [0.2, 0.25) is 0 Å². The summed E-state index contributed by atoms with van der Waals surface area (Å²) < 4.78 is 0. The molecule has 0 amide bonds. The van der Waals surface area contributed by atoms with Gasteiger partial charge in [0.15, 0.2) is 0 Å². The Morgan fingerprint density at radius 1 is 0.359 bits per heavy atom. The van der Waals surface area contributed by atoms with E-state index >= 15 is 0 Å². The minimum atomic E-state index is 0.401. The molecule has 0 bridgehead atoms. The third-order valence-electron chi connectivity index (χ3n) is 8.99. The van der Waals surface area contributed by atoms with E-state index < -0.39 is 0 Å². The lowest BCUT2D eigenvalue weighted by atomic mass is 9.85. The predicted octanol–water partition coefficient (Wildman–Crippen LogP) is 8.95. The smallest absolute Gasteiger partial charge is 0.122 e. The molecule has 0 saturated heterocycles. The Labute approximate surface area is 235 Å². The van der Waals surface area contributed by atoms with Crippen molar-refractivity contribution in [2.45, 2.75) is 88.5 Å². The first-order valence-electron chi connectivity index (χ1n) is 14.0. The highest BCUT2D eigenvalue weighted by atomic mass is 16.3. The van der Waals surface area contributed by atoms with E-state index in [1.165, 1.54) is 55.6 Å². The molecule has 0 heterocycles. The highest BCUT2D eigenvalue weighted by Crippen LogP contribution is 2.36. The van der Waals surface area contributed by atoms with Gasteiger partial charge in [-0.05, 0) is 154 Å². The summed E-state index contributed by atoms with van der Waals surface area (Å²) in [7, 11) is 0. The molecule has 0 fully saturated rings. The topological polar surface area (TPSA) is 40.5 Å². The van der Waals surface area contributed by atoms with Crippen LogP contribution >= 0.6 is 0 Å². The summed E-state index contributed by atoms with van der Waals surface area (Å²) in [6, 6.07) is 13.3. The standard InChI is InChI=1S/C37H44O2/c1-20-11-24(5)30(13-22(20)3)18-34-28(9)32(15-26(7)36(34)38)17-33-16-27(8)37(39)35(29(33)10)19-31-14-23(4)21(2)12-25(31)6/h11-16,38-39H,17-19H2,1-10H3. The van der Waals surface area contributed by atoms with E-state index in [2.05, 4.69) is 91.8 Å². The molecule has 0 atom stereocenters. The lowest BCUT2D eigenvalue weighted by Gasteiger charge is -2.20. The first-order chi connectivity index (χ1) is 18.3. The largest absolute Gasteiger partial charge is 0.507 e. The summed E-state index contributed by atoms with van der Waals surface area (Å²) in [4.78, 5) is 0. The van der Waals surface area contributed by atoms with Crippen molar-refractivity contribution in [2.75, 3.05) is 0 Å². The Kier molecular flexibility index (Phi) is 7.98. The zero-order valence-corrected chi connectivity index (χ0v) is 25.5. The summed E-state index contributed by atoms with van der Waals surface area (Å²) in [5, 5.41) is 22.2. The van der Waals surface area contributed by atoms with E-state index in [0.29, 0.717) is 24.3 Å². The fourth-order valence-corrected chi connectivity index (χ4v) is 5.90. The van der Waals surface area contributed by atoms with Crippen LogP contribution in [0.25, 0.3) is 0 Å². The van der Waals surface area contributed by atoms with Crippen LogP contribution in [-0.4, -0.2) is 10.2 Å². The molecular formula is C37H44O2. The van der Waals surface area contributed by atoms with Crippen LogP contribution in [0, 0.1) is 69.2 Å². The maximum absolute atomic E-state index is 11.1. The third kappa shape index (κ3) is 5.62. The van der Waals surface area contributed by atoms with E-state index in [9.17, 15) is 10.2 Å². The molecular weight excluding hydrogens is 476 g/mol. The molecule has 0 aliphatic rings. The highest BCUT2D eigenvalue weighted by molar-refractivity contribution is 5.56. The van der Waals surface area contributed by atoms with Crippen molar-refractivity contribution in [3.63, 3.8) is 0 Å². The van der Waals surface area contributed by atoms with Crippen molar-refractivity contribution >= 4 is 0 Å². The molecule has 204 valence electrons. The summed E-state index contributed by atoms with van der Waals surface area (Å²) in [6.45, 7) is 21.2. The first-order valence-corrected chi connectivity index (χ1v) is 14.0. The number of rotatable bonds is 6. The molecule has 4 rings (SSSR count). The molecule has 2 heteroatoms. The molecule has 2 nitrogen and oxygen atoms in total. The van der Waals surface area contributed by atoms with Crippen molar-refractivity contribution in [3.8, 4) is 11.5 Å². The molecule has 39 heavy (non-hydrogen) atoms. The minimum absolute atomic E-state index is 0.401. The molecule has 4 aromatic carbocycles. The SMILES string of the molecule is Cc1cc(C)c(Cc2c(C)c(Cc3cc(C)c(O)c(Cc4cc(C)c(C)cc4C)c3C)cc(C)c2O)cc1C. The van der Waals surface area contributed by atoms with Crippen molar-refractivity contribution in [1.29, 1.82) is 0 Å². The Balaban J connectivity index is 1.76. The van der Waals surface area contributed by atoms with Gasteiger partial charge in [-0.2, -0.15) is 0 Å². The Morgan fingerprint density at radius 2 is 0.667 bits per heavy atom. The zero-order chi connectivity index (χ0) is 28.8. The Morgan fingerprint density at radius 3 is 1.03 bits per heavy atom.